The van der Waals surface area contributed by atoms with Crippen LogP contribution in [0.5, 0.6) is 0 Å². The average molecular weight is 275 g/mol. The maximum Gasteiger partial charge on any atom is 0.471 e. The topological polar surface area (TPSA) is 66.4 Å². The normalized spacial score (nSPS) is 12.9. The molecular weight excluding hydrogens is 263 g/mol. The molecule has 0 aromatic heterocycles. The van der Waals surface area contributed by atoms with E-state index in [0.29, 0.717) is 11.1 Å². The van der Waals surface area contributed by atoms with Crippen molar-refractivity contribution in [3.8, 4) is 0 Å². The zero-order valence-corrected chi connectivity index (χ0v) is 10.2. The van der Waals surface area contributed by atoms with Gasteiger partial charge in [-0.05, 0) is 31.0 Å². The average Bonchev–Trinajstić information content (AvgIpc) is 2.29. The molecule has 1 aromatic rings. The van der Waals surface area contributed by atoms with E-state index in [2.05, 4.69) is 0 Å². The number of carbonyl (C=O) groups is 2. The summed E-state index contributed by atoms with van der Waals surface area (Å²) in [6.45, 7) is 2.95. The van der Waals surface area contributed by atoms with Crippen molar-refractivity contribution < 1.29 is 27.9 Å². The molecule has 0 aliphatic rings. The largest absolute Gasteiger partial charge is 0.481 e. The SMILES string of the molecule is Cc1cc(C(C)C(=O)O)ccc1NC(=O)C(F)(F)F. The van der Waals surface area contributed by atoms with Crippen LogP contribution in [0, 0.1) is 6.92 Å². The van der Waals surface area contributed by atoms with Gasteiger partial charge in [0.05, 0.1) is 5.92 Å². The Morgan fingerprint density at radius 1 is 1.32 bits per heavy atom. The van der Waals surface area contributed by atoms with E-state index < -0.39 is 24.0 Å². The summed E-state index contributed by atoms with van der Waals surface area (Å²) in [6, 6.07) is 4.07. The van der Waals surface area contributed by atoms with Crippen molar-refractivity contribution in [3.63, 3.8) is 0 Å². The van der Waals surface area contributed by atoms with Crippen molar-refractivity contribution in [1.29, 1.82) is 0 Å². The summed E-state index contributed by atoms with van der Waals surface area (Å²) in [7, 11) is 0. The highest BCUT2D eigenvalue weighted by Crippen LogP contribution is 2.24. The standard InChI is InChI=1S/C12H12F3NO3/c1-6-5-8(7(2)10(17)18)3-4-9(6)16-11(19)12(13,14)15/h3-5,7H,1-2H3,(H,16,19)(H,17,18). The number of hydrogen-bond acceptors (Lipinski definition) is 2. The Morgan fingerprint density at radius 2 is 1.89 bits per heavy atom. The van der Waals surface area contributed by atoms with Crippen LogP contribution in [0.4, 0.5) is 18.9 Å². The monoisotopic (exact) mass is 275 g/mol. The van der Waals surface area contributed by atoms with Gasteiger partial charge in [0.2, 0.25) is 0 Å². The molecule has 0 aliphatic heterocycles. The Balaban J connectivity index is 2.96. The van der Waals surface area contributed by atoms with Crippen LogP contribution < -0.4 is 5.32 Å². The number of carboxylic acids is 1. The fourth-order valence-corrected chi connectivity index (χ4v) is 1.43. The second kappa shape index (κ2) is 5.29. The number of benzene rings is 1. The van der Waals surface area contributed by atoms with Gasteiger partial charge in [0.1, 0.15) is 0 Å². The molecule has 0 bridgehead atoms. The highest BCUT2D eigenvalue weighted by Gasteiger charge is 2.38. The van der Waals surface area contributed by atoms with E-state index in [1.54, 1.807) is 5.32 Å². The second-order valence-corrected chi connectivity index (χ2v) is 4.09. The van der Waals surface area contributed by atoms with E-state index in [-0.39, 0.29) is 5.69 Å². The minimum Gasteiger partial charge on any atom is -0.481 e. The van der Waals surface area contributed by atoms with Gasteiger partial charge in [-0.2, -0.15) is 13.2 Å². The molecule has 19 heavy (non-hydrogen) atoms. The number of rotatable bonds is 3. The van der Waals surface area contributed by atoms with Gasteiger partial charge in [-0.1, -0.05) is 12.1 Å². The van der Waals surface area contributed by atoms with E-state index in [0.717, 1.165) is 0 Å². The molecule has 0 heterocycles. The molecule has 0 aliphatic carbocycles. The lowest BCUT2D eigenvalue weighted by Gasteiger charge is -2.13. The predicted molar refractivity (Wildman–Crippen MR) is 61.9 cm³/mol. The summed E-state index contributed by atoms with van der Waals surface area (Å²) in [5, 5.41) is 10.6. The molecular formula is C12H12F3NO3. The third kappa shape index (κ3) is 3.70. The molecule has 0 fully saturated rings. The van der Waals surface area contributed by atoms with Gasteiger partial charge < -0.3 is 10.4 Å². The minimum atomic E-state index is -4.96. The van der Waals surface area contributed by atoms with Crippen LogP contribution in [-0.2, 0) is 9.59 Å². The lowest BCUT2D eigenvalue weighted by atomic mass is 9.99. The van der Waals surface area contributed by atoms with E-state index in [9.17, 15) is 22.8 Å². The number of hydrogen-bond donors (Lipinski definition) is 2. The maximum atomic E-state index is 12.1. The summed E-state index contributed by atoms with van der Waals surface area (Å²) >= 11 is 0. The van der Waals surface area contributed by atoms with E-state index in [4.69, 9.17) is 5.11 Å². The molecule has 1 unspecified atom stereocenters. The Labute approximate surface area is 107 Å². The molecule has 1 atom stereocenters. The summed E-state index contributed by atoms with van der Waals surface area (Å²) in [4.78, 5) is 21.6. The number of nitrogens with one attached hydrogen (secondary N) is 1. The summed E-state index contributed by atoms with van der Waals surface area (Å²) in [5.41, 5.74) is 0.821. The van der Waals surface area contributed by atoms with Gasteiger partial charge in [-0.25, -0.2) is 0 Å². The summed E-state index contributed by atoms with van der Waals surface area (Å²) in [5.74, 6) is -3.87. The van der Waals surface area contributed by atoms with Gasteiger partial charge in [0.25, 0.3) is 0 Å². The van der Waals surface area contributed by atoms with Gasteiger partial charge in [0.15, 0.2) is 0 Å². The van der Waals surface area contributed by atoms with Gasteiger partial charge >= 0.3 is 18.1 Å². The highest BCUT2D eigenvalue weighted by molar-refractivity contribution is 5.95. The molecule has 1 rings (SSSR count). The van der Waals surface area contributed by atoms with Crippen LogP contribution in [0.3, 0.4) is 0 Å². The first-order chi connectivity index (χ1) is 8.62. The molecule has 2 N–H and O–H groups in total. The van der Waals surface area contributed by atoms with Crippen molar-refractivity contribution >= 4 is 17.6 Å². The molecule has 1 amide bonds. The van der Waals surface area contributed by atoms with Crippen molar-refractivity contribution in [1.82, 2.24) is 0 Å². The van der Waals surface area contributed by atoms with Crippen molar-refractivity contribution in [2.75, 3.05) is 5.32 Å². The van der Waals surface area contributed by atoms with Gasteiger partial charge in [-0.15, -0.1) is 0 Å². The Morgan fingerprint density at radius 3 is 2.32 bits per heavy atom. The molecule has 0 spiro atoms. The fraction of sp³-hybridized carbons (Fsp3) is 0.333. The molecule has 0 radical (unpaired) electrons. The fourth-order valence-electron chi connectivity index (χ4n) is 1.43. The zero-order chi connectivity index (χ0) is 14.8. The highest BCUT2D eigenvalue weighted by atomic mass is 19.4. The van der Waals surface area contributed by atoms with Crippen molar-refractivity contribution in [3.05, 3.63) is 29.3 Å². The van der Waals surface area contributed by atoms with Crippen molar-refractivity contribution in [2.24, 2.45) is 0 Å². The number of carboxylic acid groups (broad SMARTS) is 1. The van der Waals surface area contributed by atoms with Crippen LogP contribution in [0.1, 0.15) is 24.0 Å². The van der Waals surface area contributed by atoms with E-state index in [1.165, 1.54) is 32.0 Å². The number of aliphatic carboxylic acids is 1. The number of alkyl halides is 3. The van der Waals surface area contributed by atoms with Crippen LogP contribution in [0.25, 0.3) is 0 Å². The summed E-state index contributed by atoms with van der Waals surface area (Å²) < 4.78 is 36.3. The quantitative estimate of drug-likeness (QED) is 0.891. The molecule has 1 aromatic carbocycles. The number of carbonyl (C=O) groups excluding carboxylic acids is 1. The third-order valence-corrected chi connectivity index (χ3v) is 2.63. The molecule has 0 saturated carbocycles. The van der Waals surface area contributed by atoms with Gasteiger partial charge in [-0.3, -0.25) is 9.59 Å². The number of aryl methyl sites for hydroxylation is 1. The predicted octanol–water partition coefficient (Wildman–Crippen LogP) is 2.68. The van der Waals surface area contributed by atoms with Crippen LogP contribution in [0.2, 0.25) is 0 Å². The van der Waals surface area contributed by atoms with Crippen LogP contribution in [0.15, 0.2) is 18.2 Å². The first kappa shape index (κ1) is 15.0. The van der Waals surface area contributed by atoms with Crippen molar-refractivity contribution in [2.45, 2.75) is 25.9 Å². The molecule has 4 nitrogen and oxygen atoms in total. The Kier molecular flexibility index (Phi) is 4.18. The molecule has 0 saturated heterocycles. The molecule has 104 valence electrons. The van der Waals surface area contributed by atoms with Crippen LogP contribution >= 0.6 is 0 Å². The second-order valence-electron chi connectivity index (χ2n) is 4.09. The lowest BCUT2D eigenvalue weighted by molar-refractivity contribution is -0.167. The first-order valence-corrected chi connectivity index (χ1v) is 5.34. The van der Waals surface area contributed by atoms with Crippen LogP contribution in [-0.4, -0.2) is 23.2 Å². The number of amides is 1. The van der Waals surface area contributed by atoms with Gasteiger partial charge in [0, 0.05) is 5.69 Å². The Bertz CT molecular complexity index is 511. The Hall–Kier alpha value is -2.05. The maximum absolute atomic E-state index is 12.1. The number of halogens is 3. The minimum absolute atomic E-state index is 0.00339. The lowest BCUT2D eigenvalue weighted by Crippen LogP contribution is -2.30. The third-order valence-electron chi connectivity index (χ3n) is 2.63. The summed E-state index contributed by atoms with van der Waals surface area (Å²) in [6.07, 6.45) is -4.96. The number of anilines is 1. The van der Waals surface area contributed by atoms with E-state index in [1.807, 2.05) is 0 Å². The first-order valence-electron chi connectivity index (χ1n) is 5.34. The zero-order valence-electron chi connectivity index (χ0n) is 10.2. The molecule has 7 heteroatoms. The smallest absolute Gasteiger partial charge is 0.471 e. The van der Waals surface area contributed by atoms with E-state index >= 15 is 0 Å².